The van der Waals surface area contributed by atoms with Gasteiger partial charge in [-0.1, -0.05) is 62.6 Å². The van der Waals surface area contributed by atoms with Gasteiger partial charge in [-0.3, -0.25) is 19.2 Å². The Morgan fingerprint density at radius 1 is 1.00 bits per heavy atom. The van der Waals surface area contributed by atoms with Crippen LogP contribution in [-0.2, 0) is 25.6 Å². The Morgan fingerprint density at radius 3 is 2.34 bits per heavy atom. The number of fused-ring (bicyclic) bond motifs is 1. The number of nitrogens with two attached hydrogens (primary N) is 1. The summed E-state index contributed by atoms with van der Waals surface area (Å²) in [5.74, 6) is -4.31. The van der Waals surface area contributed by atoms with E-state index in [1.807, 2.05) is 19.1 Å². The van der Waals surface area contributed by atoms with Crippen molar-refractivity contribution in [2.24, 2.45) is 34.5 Å². The van der Waals surface area contributed by atoms with Crippen LogP contribution in [0.3, 0.4) is 0 Å². The van der Waals surface area contributed by atoms with Gasteiger partial charge in [-0.15, -0.1) is 0 Å². The van der Waals surface area contributed by atoms with Crippen LogP contribution in [0.2, 0.25) is 0 Å². The number of Topliss-reactive ketones (excluding diaryl/α,β-unsaturated/α-hetero) is 2. The molecule has 4 atom stereocenters. The molecule has 3 amide bonds. The number of amides is 3. The average Bonchev–Trinajstić information content (AvgIpc) is 3.38. The van der Waals surface area contributed by atoms with Crippen LogP contribution in [-0.4, -0.2) is 53.7 Å². The van der Waals surface area contributed by atoms with Crippen LogP contribution in [0.1, 0.15) is 83.3 Å². The molecule has 0 bridgehead atoms. The Labute approximate surface area is 258 Å². The van der Waals surface area contributed by atoms with E-state index < -0.39 is 41.6 Å². The van der Waals surface area contributed by atoms with Crippen LogP contribution in [0, 0.1) is 23.7 Å². The summed E-state index contributed by atoms with van der Waals surface area (Å²) in [6.07, 6.45) is 5.24. The van der Waals surface area contributed by atoms with Crippen LogP contribution in [0.25, 0.3) is 16.0 Å². The highest BCUT2D eigenvalue weighted by Gasteiger charge is 2.32. The highest BCUT2D eigenvalue weighted by atomic mass is 16.4. The monoisotopic (exact) mass is 610 g/mol. The Kier molecular flexibility index (Phi) is 15.1. The number of unbranched alkanes of at least 4 members (excludes halogenated alkanes) is 1. The normalized spacial score (nSPS) is 14.8. The van der Waals surface area contributed by atoms with Crippen molar-refractivity contribution in [3.05, 3.63) is 51.9 Å². The molecule has 0 aromatic heterocycles. The van der Waals surface area contributed by atoms with Gasteiger partial charge in [-0.2, -0.15) is 0 Å². The number of hydrogen-bond acceptors (Lipinski definition) is 6. The molecule has 5 N–H and O–H groups in total. The van der Waals surface area contributed by atoms with E-state index in [0.717, 1.165) is 17.6 Å². The number of allylic oxidation sites excluding steroid dienone is 2. The van der Waals surface area contributed by atoms with Crippen LogP contribution >= 0.6 is 0 Å². The van der Waals surface area contributed by atoms with E-state index in [9.17, 15) is 29.1 Å². The number of urea groups is 1. The van der Waals surface area contributed by atoms with Crippen molar-refractivity contribution in [1.29, 1.82) is 0 Å². The molecule has 0 saturated heterocycles. The SMILES string of the molecule is CC(C)[C@H](NC(=O)[C@H](CCCCN=[N+]=[N-])CC(=O)[C@@H](C)CC1=CCc2ccccc21)C(=O)C[C@@H](CCCNC(N)=O)C(=O)O. The number of carbonyl (C=O) groups is 5. The molecular weight excluding hydrogens is 564 g/mol. The number of ketones is 2. The summed E-state index contributed by atoms with van der Waals surface area (Å²) in [5.41, 5.74) is 17.1. The minimum absolute atomic E-state index is 0.00701. The third-order valence-corrected chi connectivity index (χ3v) is 8.09. The Bertz CT molecular complexity index is 1260. The predicted molar refractivity (Wildman–Crippen MR) is 167 cm³/mol. The number of hydrogen-bond donors (Lipinski definition) is 4. The molecule has 240 valence electrons. The first kappa shape index (κ1) is 36.0. The van der Waals surface area contributed by atoms with E-state index >= 15 is 0 Å². The molecule has 1 aliphatic rings. The lowest BCUT2D eigenvalue weighted by molar-refractivity contribution is -0.144. The molecule has 0 aliphatic heterocycles. The molecule has 0 spiro atoms. The summed E-state index contributed by atoms with van der Waals surface area (Å²) in [6.45, 7) is 5.87. The summed E-state index contributed by atoms with van der Waals surface area (Å²) in [7, 11) is 0. The first-order valence-corrected chi connectivity index (χ1v) is 15.3. The number of carboxylic acids is 1. The third-order valence-electron chi connectivity index (χ3n) is 8.09. The molecule has 0 unspecified atom stereocenters. The maximum absolute atomic E-state index is 13.6. The maximum Gasteiger partial charge on any atom is 0.312 e. The lowest BCUT2D eigenvalue weighted by atomic mass is 9.86. The van der Waals surface area contributed by atoms with Crippen LogP contribution in [0.15, 0.2) is 35.5 Å². The van der Waals surface area contributed by atoms with Crippen LogP contribution < -0.4 is 16.4 Å². The standard InChI is InChI=1S/C32H46N6O6/c1-20(2)29(28(40)19-25(31(42)43)11-8-15-35-32(33)44)37-30(41)24(10-6-7-16-36-38-34)18-27(39)21(3)17-23-14-13-22-9-4-5-12-26(22)23/h4-5,9,12,14,20-21,24-25,29H,6-8,10-11,13,15-19H2,1-3H3,(H,37,41)(H,42,43)(H3,33,35,44)/t21-,24+,25+,29-/m0/s1. The van der Waals surface area contributed by atoms with Crippen molar-refractivity contribution in [2.45, 2.75) is 84.6 Å². The molecule has 0 fully saturated rings. The van der Waals surface area contributed by atoms with E-state index in [1.54, 1.807) is 13.8 Å². The second-order valence-electron chi connectivity index (χ2n) is 11.9. The van der Waals surface area contributed by atoms with E-state index in [4.69, 9.17) is 11.3 Å². The Hall–Kier alpha value is -4.18. The second kappa shape index (κ2) is 18.5. The highest BCUT2D eigenvalue weighted by Crippen LogP contribution is 2.33. The quantitative estimate of drug-likeness (QED) is 0.0655. The van der Waals surface area contributed by atoms with E-state index in [0.29, 0.717) is 32.1 Å². The minimum atomic E-state index is -1.14. The molecule has 0 heterocycles. The highest BCUT2D eigenvalue weighted by molar-refractivity contribution is 5.94. The van der Waals surface area contributed by atoms with E-state index in [2.05, 4.69) is 38.9 Å². The Balaban J connectivity index is 2.09. The van der Waals surface area contributed by atoms with Crippen molar-refractivity contribution < 1.29 is 29.1 Å². The van der Waals surface area contributed by atoms with Gasteiger partial charge >= 0.3 is 12.0 Å². The van der Waals surface area contributed by atoms with Gasteiger partial charge in [0.15, 0.2) is 5.78 Å². The van der Waals surface area contributed by atoms with Crippen molar-refractivity contribution in [3.63, 3.8) is 0 Å². The molecular formula is C32H46N6O6. The zero-order chi connectivity index (χ0) is 32.6. The van der Waals surface area contributed by atoms with Gasteiger partial charge in [0.05, 0.1) is 12.0 Å². The van der Waals surface area contributed by atoms with E-state index in [-0.39, 0.29) is 50.0 Å². The molecule has 1 aromatic rings. The van der Waals surface area contributed by atoms with Crippen LogP contribution in [0.5, 0.6) is 0 Å². The zero-order valence-corrected chi connectivity index (χ0v) is 26.0. The molecule has 2 rings (SSSR count). The number of rotatable bonds is 21. The number of azide groups is 1. The third kappa shape index (κ3) is 11.8. The molecule has 1 aromatic carbocycles. The van der Waals surface area contributed by atoms with Crippen molar-refractivity contribution >= 4 is 35.0 Å². The zero-order valence-electron chi connectivity index (χ0n) is 26.0. The van der Waals surface area contributed by atoms with Gasteiger partial charge in [-0.25, -0.2) is 4.79 Å². The first-order chi connectivity index (χ1) is 20.9. The van der Waals surface area contributed by atoms with Crippen molar-refractivity contribution in [3.8, 4) is 0 Å². The second-order valence-corrected chi connectivity index (χ2v) is 11.9. The fourth-order valence-corrected chi connectivity index (χ4v) is 5.51. The number of carboxylic acid groups (broad SMARTS) is 1. The fourth-order valence-electron chi connectivity index (χ4n) is 5.51. The van der Waals surface area contributed by atoms with Gasteiger partial charge in [0.1, 0.15) is 5.78 Å². The number of benzene rings is 1. The average molecular weight is 611 g/mol. The first-order valence-electron chi connectivity index (χ1n) is 15.3. The Morgan fingerprint density at radius 2 is 1.68 bits per heavy atom. The summed E-state index contributed by atoms with van der Waals surface area (Å²) in [6, 6.07) is 6.47. The number of aliphatic carboxylic acids is 1. The van der Waals surface area contributed by atoms with Gasteiger partial charge in [0.2, 0.25) is 5.91 Å². The summed E-state index contributed by atoms with van der Waals surface area (Å²) in [4.78, 5) is 65.7. The van der Waals surface area contributed by atoms with Gasteiger partial charge in [0.25, 0.3) is 0 Å². The summed E-state index contributed by atoms with van der Waals surface area (Å²) in [5, 5.41) is 18.4. The summed E-state index contributed by atoms with van der Waals surface area (Å²) < 4.78 is 0. The number of nitrogens with zero attached hydrogens (tertiary/aromatic N) is 3. The predicted octanol–water partition coefficient (Wildman–Crippen LogP) is 4.96. The van der Waals surface area contributed by atoms with Gasteiger partial charge in [0, 0.05) is 42.7 Å². The maximum atomic E-state index is 13.6. The van der Waals surface area contributed by atoms with Crippen molar-refractivity contribution in [2.75, 3.05) is 13.1 Å². The lowest BCUT2D eigenvalue weighted by Crippen LogP contribution is -2.48. The number of nitrogens with one attached hydrogen (secondary N) is 2. The number of primary amides is 1. The van der Waals surface area contributed by atoms with E-state index in [1.165, 1.54) is 5.56 Å². The molecule has 12 heteroatoms. The largest absolute Gasteiger partial charge is 0.481 e. The number of carbonyl (C=O) groups excluding carboxylic acids is 4. The van der Waals surface area contributed by atoms with Gasteiger partial charge in [-0.05, 0) is 66.7 Å². The van der Waals surface area contributed by atoms with Gasteiger partial charge < -0.3 is 21.5 Å². The molecule has 1 aliphatic carbocycles. The molecule has 12 nitrogen and oxygen atoms in total. The lowest BCUT2D eigenvalue weighted by Gasteiger charge is -2.26. The van der Waals surface area contributed by atoms with Crippen molar-refractivity contribution in [1.82, 2.24) is 10.6 Å². The summed E-state index contributed by atoms with van der Waals surface area (Å²) >= 11 is 0. The molecule has 44 heavy (non-hydrogen) atoms. The minimum Gasteiger partial charge on any atom is -0.481 e. The topological polar surface area (TPSA) is 204 Å². The smallest absolute Gasteiger partial charge is 0.312 e. The molecule has 0 saturated carbocycles. The fraction of sp³-hybridized carbons (Fsp3) is 0.594. The van der Waals surface area contributed by atoms with Crippen LogP contribution in [0.4, 0.5) is 4.79 Å². The molecule has 0 radical (unpaired) electrons.